The van der Waals surface area contributed by atoms with Gasteiger partial charge in [0.05, 0.1) is 5.92 Å². The molecular formula is C7H10F6O. The molecule has 0 spiro atoms. The van der Waals surface area contributed by atoms with Crippen molar-refractivity contribution in [1.29, 1.82) is 0 Å². The van der Waals surface area contributed by atoms with Gasteiger partial charge >= 0.3 is 12.4 Å². The van der Waals surface area contributed by atoms with Crippen LogP contribution in [0.2, 0.25) is 0 Å². The van der Waals surface area contributed by atoms with Gasteiger partial charge in [-0.05, 0) is 12.8 Å². The predicted molar refractivity (Wildman–Crippen MR) is 36.5 cm³/mol. The van der Waals surface area contributed by atoms with E-state index in [1.165, 1.54) is 0 Å². The molecule has 0 saturated heterocycles. The van der Waals surface area contributed by atoms with Crippen LogP contribution in [0.4, 0.5) is 26.3 Å². The van der Waals surface area contributed by atoms with Crippen LogP contribution in [0.3, 0.4) is 0 Å². The molecule has 0 bridgehead atoms. The minimum atomic E-state index is -4.99. The van der Waals surface area contributed by atoms with Gasteiger partial charge < -0.3 is 5.11 Å². The third-order valence-electron chi connectivity index (χ3n) is 1.84. The molecule has 0 heterocycles. The van der Waals surface area contributed by atoms with Gasteiger partial charge in [-0.15, -0.1) is 0 Å². The molecule has 0 aromatic carbocycles. The van der Waals surface area contributed by atoms with Crippen LogP contribution in [-0.2, 0) is 0 Å². The second-order valence-electron chi connectivity index (χ2n) is 2.94. The molecule has 0 aromatic heterocycles. The highest BCUT2D eigenvalue weighted by Gasteiger charge is 2.46. The number of alkyl halides is 6. The van der Waals surface area contributed by atoms with Gasteiger partial charge in [-0.1, -0.05) is 6.92 Å². The van der Waals surface area contributed by atoms with E-state index in [-0.39, 0.29) is 0 Å². The molecule has 14 heavy (non-hydrogen) atoms. The number of aliphatic hydroxyl groups is 1. The Morgan fingerprint density at radius 2 is 1.43 bits per heavy atom. The van der Waals surface area contributed by atoms with Gasteiger partial charge in [-0.2, -0.15) is 26.3 Å². The highest BCUT2D eigenvalue weighted by atomic mass is 19.4. The molecular weight excluding hydrogens is 214 g/mol. The summed E-state index contributed by atoms with van der Waals surface area (Å²) in [5, 5.41) is 8.43. The molecule has 0 amide bonds. The molecule has 0 aromatic rings. The van der Waals surface area contributed by atoms with Gasteiger partial charge in [0.2, 0.25) is 0 Å². The molecule has 0 aliphatic carbocycles. The Labute approximate surface area is 76.7 Å². The SMILES string of the molecule is CCC(CC(O)C(F)(F)F)C(F)(F)F. The molecule has 0 rings (SSSR count). The van der Waals surface area contributed by atoms with Gasteiger partial charge in [-0.3, -0.25) is 0 Å². The fourth-order valence-electron chi connectivity index (χ4n) is 0.935. The number of hydrogen-bond donors (Lipinski definition) is 1. The van der Waals surface area contributed by atoms with E-state index in [1.807, 2.05) is 0 Å². The maximum atomic E-state index is 12.0. The lowest BCUT2D eigenvalue weighted by Gasteiger charge is -2.22. The molecule has 0 aliphatic rings. The molecule has 1 nitrogen and oxygen atoms in total. The van der Waals surface area contributed by atoms with Crippen molar-refractivity contribution in [3.63, 3.8) is 0 Å². The first-order valence-electron chi connectivity index (χ1n) is 3.90. The average molecular weight is 224 g/mol. The normalized spacial score (nSPS) is 18.0. The summed E-state index contributed by atoms with van der Waals surface area (Å²) in [4.78, 5) is 0. The van der Waals surface area contributed by atoms with Crippen LogP contribution in [0.25, 0.3) is 0 Å². The molecule has 0 fully saturated rings. The maximum Gasteiger partial charge on any atom is 0.414 e. The molecule has 0 aliphatic heterocycles. The summed E-state index contributed by atoms with van der Waals surface area (Å²) >= 11 is 0. The summed E-state index contributed by atoms with van der Waals surface area (Å²) in [6, 6.07) is 0. The zero-order valence-electron chi connectivity index (χ0n) is 7.28. The summed E-state index contributed by atoms with van der Waals surface area (Å²) in [5.74, 6) is -2.11. The van der Waals surface area contributed by atoms with Crippen molar-refractivity contribution in [1.82, 2.24) is 0 Å². The Morgan fingerprint density at radius 3 is 1.64 bits per heavy atom. The Hall–Kier alpha value is -0.460. The zero-order valence-corrected chi connectivity index (χ0v) is 7.28. The monoisotopic (exact) mass is 224 g/mol. The Balaban J connectivity index is 4.34. The van der Waals surface area contributed by atoms with E-state index in [4.69, 9.17) is 5.11 Å². The quantitative estimate of drug-likeness (QED) is 0.731. The fourth-order valence-corrected chi connectivity index (χ4v) is 0.935. The van der Waals surface area contributed by atoms with Crippen molar-refractivity contribution in [2.75, 3.05) is 0 Å². The lowest BCUT2D eigenvalue weighted by molar-refractivity contribution is -0.230. The second kappa shape index (κ2) is 4.37. The third kappa shape index (κ3) is 4.17. The number of aliphatic hydroxyl groups excluding tert-OH is 1. The van der Waals surface area contributed by atoms with E-state index in [9.17, 15) is 26.3 Å². The second-order valence-corrected chi connectivity index (χ2v) is 2.94. The van der Waals surface area contributed by atoms with Crippen LogP contribution in [0.15, 0.2) is 0 Å². The van der Waals surface area contributed by atoms with E-state index >= 15 is 0 Å². The Bertz CT molecular complexity index is 172. The number of hydrogen-bond acceptors (Lipinski definition) is 1. The molecule has 2 unspecified atom stereocenters. The first kappa shape index (κ1) is 13.5. The van der Waals surface area contributed by atoms with Crippen molar-refractivity contribution in [2.45, 2.75) is 38.2 Å². The highest BCUT2D eigenvalue weighted by Crippen LogP contribution is 2.35. The van der Waals surface area contributed by atoms with Crippen LogP contribution in [0.1, 0.15) is 19.8 Å². The molecule has 0 radical (unpaired) electrons. The van der Waals surface area contributed by atoms with Crippen LogP contribution in [0, 0.1) is 5.92 Å². The first-order chi connectivity index (χ1) is 6.09. The number of rotatable bonds is 3. The van der Waals surface area contributed by atoms with Gasteiger partial charge in [0, 0.05) is 0 Å². The summed E-state index contributed by atoms with van der Waals surface area (Å²) in [5.41, 5.74) is 0. The van der Waals surface area contributed by atoms with E-state index < -0.39 is 37.2 Å². The third-order valence-corrected chi connectivity index (χ3v) is 1.84. The summed E-state index contributed by atoms with van der Waals surface area (Å²) in [6.45, 7) is 1.13. The summed E-state index contributed by atoms with van der Waals surface area (Å²) in [6.07, 6.45) is -14.4. The standard InChI is InChI=1S/C7H10F6O/c1-2-4(6(8,9)10)3-5(14)7(11,12)13/h4-5,14H,2-3H2,1H3. The van der Waals surface area contributed by atoms with Crippen LogP contribution in [-0.4, -0.2) is 23.6 Å². The molecule has 7 heteroatoms. The molecule has 2 atom stereocenters. The van der Waals surface area contributed by atoms with Crippen LogP contribution < -0.4 is 0 Å². The minimum absolute atomic E-state index is 0.476. The predicted octanol–water partition coefficient (Wildman–Crippen LogP) is 2.89. The van der Waals surface area contributed by atoms with E-state index in [0.29, 0.717) is 0 Å². The van der Waals surface area contributed by atoms with E-state index in [0.717, 1.165) is 6.92 Å². The largest absolute Gasteiger partial charge is 0.414 e. The molecule has 0 saturated carbocycles. The highest BCUT2D eigenvalue weighted by molar-refractivity contribution is 4.74. The average Bonchev–Trinajstić information content (AvgIpc) is 1.95. The lowest BCUT2D eigenvalue weighted by atomic mass is 9.98. The summed E-state index contributed by atoms with van der Waals surface area (Å²) < 4.78 is 71.1. The van der Waals surface area contributed by atoms with Crippen molar-refractivity contribution in [2.24, 2.45) is 5.92 Å². The smallest absolute Gasteiger partial charge is 0.384 e. The number of halogens is 6. The van der Waals surface area contributed by atoms with Crippen LogP contribution in [0.5, 0.6) is 0 Å². The van der Waals surface area contributed by atoms with Crippen molar-refractivity contribution >= 4 is 0 Å². The Morgan fingerprint density at radius 1 is 1.00 bits per heavy atom. The van der Waals surface area contributed by atoms with Crippen LogP contribution >= 0.6 is 0 Å². The maximum absolute atomic E-state index is 12.0. The molecule has 86 valence electrons. The van der Waals surface area contributed by atoms with Crippen molar-refractivity contribution in [3.8, 4) is 0 Å². The van der Waals surface area contributed by atoms with Crippen molar-refractivity contribution < 1.29 is 31.4 Å². The fraction of sp³-hybridized carbons (Fsp3) is 1.00. The zero-order chi connectivity index (χ0) is 11.6. The van der Waals surface area contributed by atoms with Crippen molar-refractivity contribution in [3.05, 3.63) is 0 Å². The van der Waals surface area contributed by atoms with Gasteiger partial charge in [0.25, 0.3) is 0 Å². The first-order valence-corrected chi connectivity index (χ1v) is 3.90. The minimum Gasteiger partial charge on any atom is -0.384 e. The van der Waals surface area contributed by atoms with E-state index in [1.54, 1.807) is 0 Å². The van der Waals surface area contributed by atoms with Gasteiger partial charge in [0.15, 0.2) is 0 Å². The van der Waals surface area contributed by atoms with E-state index in [2.05, 4.69) is 0 Å². The van der Waals surface area contributed by atoms with Gasteiger partial charge in [0.1, 0.15) is 6.10 Å². The van der Waals surface area contributed by atoms with Gasteiger partial charge in [-0.25, -0.2) is 0 Å². The summed E-state index contributed by atoms with van der Waals surface area (Å²) in [7, 11) is 0. The topological polar surface area (TPSA) is 20.2 Å². The Kier molecular flexibility index (Phi) is 4.23. The molecule has 1 N–H and O–H groups in total. The lowest BCUT2D eigenvalue weighted by Crippen LogP contribution is -2.35.